The van der Waals surface area contributed by atoms with Crippen molar-refractivity contribution < 1.29 is 27.5 Å². The summed E-state index contributed by atoms with van der Waals surface area (Å²) in [4.78, 5) is 25.5. The van der Waals surface area contributed by atoms with Gasteiger partial charge in [-0.2, -0.15) is 0 Å². The highest BCUT2D eigenvalue weighted by molar-refractivity contribution is 7.90. The smallest absolute Gasteiger partial charge is 0.264 e. The second-order valence-corrected chi connectivity index (χ2v) is 10.5. The zero-order chi connectivity index (χ0) is 26.3. The molecule has 1 atom stereocenters. The zero-order valence-corrected chi connectivity index (χ0v) is 21.0. The number of carbonyl (C=O) groups is 2. The molecule has 2 heterocycles. The normalized spacial score (nSPS) is 13.5. The van der Waals surface area contributed by atoms with Gasteiger partial charge in [0.05, 0.1) is 10.8 Å². The maximum Gasteiger partial charge on any atom is 0.264 e. The van der Waals surface area contributed by atoms with Crippen LogP contribution in [0.2, 0.25) is 0 Å². The molecule has 190 valence electrons. The first-order valence-electron chi connectivity index (χ1n) is 11.6. The third kappa shape index (κ3) is 4.51. The van der Waals surface area contributed by atoms with E-state index in [1.165, 1.54) is 12.1 Å². The van der Waals surface area contributed by atoms with Crippen LogP contribution >= 0.6 is 0 Å². The van der Waals surface area contributed by atoms with Crippen molar-refractivity contribution >= 4 is 32.7 Å². The van der Waals surface area contributed by atoms with E-state index < -0.39 is 27.8 Å². The minimum absolute atomic E-state index is 0.00786. The highest BCUT2D eigenvalue weighted by Crippen LogP contribution is 2.39. The van der Waals surface area contributed by atoms with E-state index >= 15 is 0 Å². The second-order valence-electron chi connectivity index (χ2n) is 8.80. The predicted octanol–water partition coefficient (Wildman–Crippen LogP) is 3.21. The number of carbonyl (C=O) groups excluding carboxylic acids is 2. The van der Waals surface area contributed by atoms with Gasteiger partial charge >= 0.3 is 0 Å². The lowest BCUT2D eigenvalue weighted by Gasteiger charge is -2.18. The third-order valence-corrected chi connectivity index (χ3v) is 7.85. The Bertz CT molecular complexity index is 1640. The number of nitrogens with two attached hydrogens (primary N) is 1. The summed E-state index contributed by atoms with van der Waals surface area (Å²) in [7, 11) is -2.37. The lowest BCUT2D eigenvalue weighted by Crippen LogP contribution is -2.35. The summed E-state index contributed by atoms with van der Waals surface area (Å²) in [5.41, 5.74) is 8.50. The van der Waals surface area contributed by atoms with Crippen LogP contribution in [0.4, 0.5) is 0 Å². The van der Waals surface area contributed by atoms with Gasteiger partial charge in [0.1, 0.15) is 0 Å². The Morgan fingerprint density at radius 2 is 1.76 bits per heavy atom. The van der Waals surface area contributed by atoms with Crippen LogP contribution in [-0.4, -0.2) is 31.6 Å². The van der Waals surface area contributed by atoms with E-state index in [4.69, 9.17) is 15.2 Å². The second kappa shape index (κ2) is 9.29. The topological polar surface area (TPSA) is 130 Å². The molecule has 0 bridgehead atoms. The number of sulfonamides is 1. The number of ether oxygens (including phenoxy) is 2. The number of aromatic nitrogens is 1. The number of nitrogens with zero attached hydrogens (tertiary/aromatic N) is 1. The Kier molecular flexibility index (Phi) is 6.12. The summed E-state index contributed by atoms with van der Waals surface area (Å²) in [5, 5.41) is 0.676. The van der Waals surface area contributed by atoms with Gasteiger partial charge in [0.25, 0.3) is 10.0 Å². The molecule has 1 unspecified atom stereocenters. The van der Waals surface area contributed by atoms with Crippen LogP contribution in [0.1, 0.15) is 39.9 Å². The summed E-state index contributed by atoms with van der Waals surface area (Å²) in [6.07, 6.45) is 2.50. The van der Waals surface area contributed by atoms with Crippen molar-refractivity contribution in [1.82, 2.24) is 9.29 Å². The fraction of sp³-hybridized carbons (Fsp3) is 0.185. The molecule has 0 saturated heterocycles. The molecule has 2 amide bonds. The van der Waals surface area contributed by atoms with Crippen molar-refractivity contribution in [2.45, 2.75) is 24.2 Å². The van der Waals surface area contributed by atoms with E-state index in [2.05, 4.69) is 4.72 Å². The van der Waals surface area contributed by atoms with Crippen molar-refractivity contribution in [3.05, 3.63) is 89.1 Å². The van der Waals surface area contributed by atoms with Crippen LogP contribution in [0.5, 0.6) is 11.5 Å². The van der Waals surface area contributed by atoms with E-state index in [9.17, 15) is 18.0 Å². The third-order valence-electron chi connectivity index (χ3n) is 6.49. The van der Waals surface area contributed by atoms with Gasteiger partial charge in [-0.15, -0.1) is 0 Å². The first-order chi connectivity index (χ1) is 17.7. The molecule has 9 nitrogen and oxygen atoms in total. The molecular formula is C27H25N3O6S. The van der Waals surface area contributed by atoms with E-state index in [1.807, 2.05) is 6.92 Å². The average Bonchev–Trinajstić information content (AvgIpc) is 3.48. The van der Waals surface area contributed by atoms with Gasteiger partial charge in [0.15, 0.2) is 11.5 Å². The number of hydrogen-bond donors (Lipinski definition) is 2. The van der Waals surface area contributed by atoms with Gasteiger partial charge in [-0.05, 0) is 59.5 Å². The summed E-state index contributed by atoms with van der Waals surface area (Å²) >= 11 is 0. The van der Waals surface area contributed by atoms with Crippen molar-refractivity contribution in [3.8, 4) is 11.5 Å². The number of nitrogens with one attached hydrogen (secondary N) is 1. The zero-order valence-electron chi connectivity index (χ0n) is 20.2. The Hall–Kier alpha value is -4.31. The molecule has 1 aliphatic rings. The van der Waals surface area contributed by atoms with Gasteiger partial charge in [-0.1, -0.05) is 31.2 Å². The Balaban J connectivity index is 1.60. The van der Waals surface area contributed by atoms with Crippen LogP contribution in [0.25, 0.3) is 10.9 Å². The van der Waals surface area contributed by atoms with Crippen LogP contribution < -0.4 is 19.9 Å². The minimum Gasteiger partial charge on any atom is -0.454 e. The monoisotopic (exact) mass is 519 g/mol. The maximum atomic E-state index is 13.7. The number of rotatable bonds is 7. The van der Waals surface area contributed by atoms with E-state index in [0.29, 0.717) is 39.1 Å². The highest BCUT2D eigenvalue weighted by Gasteiger charge is 2.31. The van der Waals surface area contributed by atoms with Gasteiger partial charge in [-0.3, -0.25) is 9.59 Å². The molecular weight excluding hydrogens is 494 g/mol. The molecule has 0 aliphatic carbocycles. The highest BCUT2D eigenvalue weighted by atomic mass is 32.2. The molecule has 3 N–H and O–H groups in total. The maximum absolute atomic E-state index is 13.7. The number of primary amides is 1. The number of fused-ring (bicyclic) bond motifs is 2. The van der Waals surface area contributed by atoms with Crippen LogP contribution in [0, 0.1) is 0 Å². The van der Waals surface area contributed by atoms with Crippen molar-refractivity contribution in [2.75, 3.05) is 6.79 Å². The Morgan fingerprint density at radius 1 is 1.03 bits per heavy atom. The first-order valence-corrected chi connectivity index (χ1v) is 13.1. The standard InChI is InChI=1S/C27H25N3O6S/c1-3-16-4-8-19(9-5-16)37(33,34)29-27(32)25(17-7-11-23-24(13-17)36-15-35-23)21-14-30(2)22-12-18(26(28)31)6-10-20(21)22/h4-14,25H,3,15H2,1-2H3,(H2,28,31)(H,29,32). The fourth-order valence-electron chi connectivity index (χ4n) is 4.52. The van der Waals surface area contributed by atoms with E-state index in [-0.39, 0.29) is 11.7 Å². The fourth-order valence-corrected chi connectivity index (χ4v) is 5.51. The Labute approximate surface area is 213 Å². The SMILES string of the molecule is CCc1ccc(S(=O)(=O)NC(=O)C(c2ccc3c(c2)OCO3)c2cn(C)c3cc(C(N)=O)ccc23)cc1. The van der Waals surface area contributed by atoms with Crippen LogP contribution in [-0.2, 0) is 28.3 Å². The molecule has 3 aromatic carbocycles. The van der Waals surface area contributed by atoms with Crippen LogP contribution in [0.15, 0.2) is 71.8 Å². The number of aryl methyl sites for hydroxylation is 2. The Morgan fingerprint density at radius 3 is 2.46 bits per heavy atom. The molecule has 4 aromatic rings. The summed E-state index contributed by atoms with van der Waals surface area (Å²) in [6, 6.07) is 16.4. The molecule has 0 spiro atoms. The molecule has 0 fully saturated rings. The van der Waals surface area contributed by atoms with Crippen molar-refractivity contribution in [3.63, 3.8) is 0 Å². The number of amides is 2. The van der Waals surface area contributed by atoms with Crippen LogP contribution in [0.3, 0.4) is 0 Å². The molecule has 5 rings (SSSR count). The minimum atomic E-state index is -4.14. The van der Waals surface area contributed by atoms with Gasteiger partial charge in [-0.25, -0.2) is 13.1 Å². The average molecular weight is 520 g/mol. The lowest BCUT2D eigenvalue weighted by atomic mass is 9.90. The van der Waals surface area contributed by atoms with Gasteiger partial charge in [0.2, 0.25) is 18.6 Å². The van der Waals surface area contributed by atoms with Crippen molar-refractivity contribution in [1.29, 1.82) is 0 Å². The summed E-state index contributed by atoms with van der Waals surface area (Å²) in [5.74, 6) is -1.32. The molecule has 10 heteroatoms. The quantitative estimate of drug-likeness (QED) is 0.386. The molecule has 37 heavy (non-hydrogen) atoms. The predicted molar refractivity (Wildman–Crippen MR) is 137 cm³/mol. The molecule has 0 saturated carbocycles. The molecule has 0 radical (unpaired) electrons. The van der Waals surface area contributed by atoms with Crippen molar-refractivity contribution in [2.24, 2.45) is 12.8 Å². The summed E-state index contributed by atoms with van der Waals surface area (Å²) < 4.78 is 41.2. The van der Waals surface area contributed by atoms with Gasteiger partial charge < -0.3 is 19.8 Å². The number of hydrogen-bond acceptors (Lipinski definition) is 6. The molecule has 1 aliphatic heterocycles. The molecule has 1 aromatic heterocycles. The van der Waals surface area contributed by atoms with E-state index in [1.54, 1.807) is 66.3 Å². The summed E-state index contributed by atoms with van der Waals surface area (Å²) in [6.45, 7) is 2.03. The first kappa shape index (κ1) is 24.4. The van der Waals surface area contributed by atoms with Gasteiger partial charge in [0, 0.05) is 29.7 Å². The lowest BCUT2D eigenvalue weighted by molar-refractivity contribution is -0.119. The largest absolute Gasteiger partial charge is 0.454 e. The number of benzene rings is 3. The van der Waals surface area contributed by atoms with E-state index in [0.717, 1.165) is 12.0 Å².